The molecule has 0 atom stereocenters. The fourth-order valence-corrected chi connectivity index (χ4v) is 2.33. The first kappa shape index (κ1) is 18.7. The van der Waals surface area contributed by atoms with Crippen LogP contribution in [0.15, 0.2) is 42.5 Å². The molecule has 0 amide bonds. The molecule has 0 fully saturated rings. The number of ether oxygens (including phenoxy) is 3. The molecule has 0 N–H and O–H groups in total. The Morgan fingerprint density at radius 3 is 2.16 bits per heavy atom. The van der Waals surface area contributed by atoms with E-state index in [1.54, 1.807) is 18.2 Å². The predicted octanol–water partition coefficient (Wildman–Crippen LogP) is 4.71. The molecule has 0 saturated carbocycles. The molecule has 0 aromatic heterocycles. The van der Waals surface area contributed by atoms with Crippen molar-refractivity contribution in [3.05, 3.63) is 53.6 Å². The number of nitrogens with zero attached hydrogens (tertiary/aromatic N) is 1. The van der Waals surface area contributed by atoms with Crippen LogP contribution in [-0.2, 0) is 5.41 Å². The van der Waals surface area contributed by atoms with Crippen LogP contribution in [0.2, 0.25) is 0 Å². The highest BCUT2D eigenvalue weighted by Crippen LogP contribution is 2.28. The average molecular weight is 339 g/mol. The summed E-state index contributed by atoms with van der Waals surface area (Å²) in [7, 11) is 0. The Morgan fingerprint density at radius 2 is 1.56 bits per heavy atom. The average Bonchev–Trinajstić information content (AvgIpc) is 2.59. The molecule has 25 heavy (non-hydrogen) atoms. The number of nitriles is 1. The van der Waals surface area contributed by atoms with Gasteiger partial charge in [-0.05, 0) is 42.2 Å². The summed E-state index contributed by atoms with van der Waals surface area (Å²) >= 11 is 0. The quantitative estimate of drug-likeness (QED) is 0.685. The van der Waals surface area contributed by atoms with Crippen molar-refractivity contribution < 1.29 is 14.2 Å². The Bertz CT molecular complexity index is 724. The van der Waals surface area contributed by atoms with E-state index in [0.29, 0.717) is 36.9 Å². The first-order valence-corrected chi connectivity index (χ1v) is 8.47. The van der Waals surface area contributed by atoms with Gasteiger partial charge in [0.25, 0.3) is 0 Å². The molecule has 0 spiro atoms. The summed E-state index contributed by atoms with van der Waals surface area (Å²) in [5.74, 6) is 2.02. The fraction of sp³-hybridized carbons (Fsp3) is 0.381. The van der Waals surface area contributed by atoms with Gasteiger partial charge in [-0.1, -0.05) is 32.9 Å². The lowest BCUT2D eigenvalue weighted by Crippen LogP contribution is -2.12. The van der Waals surface area contributed by atoms with Gasteiger partial charge in [0, 0.05) is 6.07 Å². The predicted molar refractivity (Wildman–Crippen MR) is 98.5 cm³/mol. The molecule has 2 aromatic carbocycles. The van der Waals surface area contributed by atoms with E-state index in [2.05, 4.69) is 39.0 Å². The summed E-state index contributed by atoms with van der Waals surface area (Å²) in [6.45, 7) is 9.79. The maximum Gasteiger partial charge on any atom is 0.162 e. The third-order valence-electron chi connectivity index (χ3n) is 3.70. The van der Waals surface area contributed by atoms with E-state index < -0.39 is 0 Å². The minimum atomic E-state index is 0.132. The minimum Gasteiger partial charge on any atom is -0.490 e. The Kier molecular flexibility index (Phi) is 6.30. The topological polar surface area (TPSA) is 51.5 Å². The zero-order chi connectivity index (χ0) is 18.3. The summed E-state index contributed by atoms with van der Waals surface area (Å²) in [6, 6.07) is 15.4. The summed E-state index contributed by atoms with van der Waals surface area (Å²) in [6.07, 6.45) is 0. The molecule has 0 bridgehead atoms. The molecule has 0 aliphatic heterocycles. The third kappa shape index (κ3) is 5.42. The molecule has 0 aliphatic carbocycles. The minimum absolute atomic E-state index is 0.132. The van der Waals surface area contributed by atoms with Crippen LogP contribution in [-0.4, -0.2) is 19.8 Å². The van der Waals surface area contributed by atoms with Crippen LogP contribution in [0.25, 0.3) is 0 Å². The summed E-state index contributed by atoms with van der Waals surface area (Å²) in [5, 5.41) is 8.96. The molecule has 4 heteroatoms. The smallest absolute Gasteiger partial charge is 0.162 e. The third-order valence-corrected chi connectivity index (χ3v) is 3.70. The SMILES string of the molecule is CCOc1cc(C#N)ccc1OCCOc1ccc(C(C)(C)C)cc1. The Morgan fingerprint density at radius 1 is 0.880 bits per heavy atom. The van der Waals surface area contributed by atoms with Crippen molar-refractivity contribution in [1.82, 2.24) is 0 Å². The molecular formula is C21H25NO3. The van der Waals surface area contributed by atoms with Gasteiger partial charge >= 0.3 is 0 Å². The van der Waals surface area contributed by atoms with Gasteiger partial charge in [-0.15, -0.1) is 0 Å². The van der Waals surface area contributed by atoms with E-state index in [1.807, 2.05) is 19.1 Å². The van der Waals surface area contributed by atoms with Gasteiger partial charge in [0.15, 0.2) is 11.5 Å². The van der Waals surface area contributed by atoms with Crippen LogP contribution in [0.4, 0.5) is 0 Å². The summed E-state index contributed by atoms with van der Waals surface area (Å²) < 4.78 is 17.0. The van der Waals surface area contributed by atoms with Gasteiger partial charge < -0.3 is 14.2 Å². The van der Waals surface area contributed by atoms with E-state index in [0.717, 1.165) is 5.75 Å². The summed E-state index contributed by atoms with van der Waals surface area (Å²) in [5.41, 5.74) is 1.95. The molecule has 0 aliphatic rings. The van der Waals surface area contributed by atoms with Gasteiger partial charge in [0.2, 0.25) is 0 Å². The standard InChI is InChI=1S/C21H25NO3/c1-5-23-20-14-16(15-22)6-11-19(20)25-13-12-24-18-9-7-17(8-10-18)21(2,3)4/h6-11,14H,5,12-13H2,1-4H3. The lowest BCUT2D eigenvalue weighted by atomic mass is 9.87. The second-order valence-corrected chi connectivity index (χ2v) is 6.68. The van der Waals surface area contributed by atoms with E-state index >= 15 is 0 Å². The van der Waals surface area contributed by atoms with Crippen molar-refractivity contribution in [2.75, 3.05) is 19.8 Å². The van der Waals surface area contributed by atoms with E-state index in [9.17, 15) is 0 Å². The van der Waals surface area contributed by atoms with Crippen molar-refractivity contribution in [3.63, 3.8) is 0 Å². The zero-order valence-electron chi connectivity index (χ0n) is 15.3. The van der Waals surface area contributed by atoms with Crippen LogP contribution in [0.1, 0.15) is 38.8 Å². The van der Waals surface area contributed by atoms with Crippen molar-refractivity contribution in [2.45, 2.75) is 33.1 Å². The molecule has 2 aromatic rings. The van der Waals surface area contributed by atoms with Crippen LogP contribution in [0.3, 0.4) is 0 Å². The van der Waals surface area contributed by atoms with E-state index in [1.165, 1.54) is 5.56 Å². The Hall–Kier alpha value is -2.67. The second kappa shape index (κ2) is 8.43. The monoisotopic (exact) mass is 339 g/mol. The molecule has 132 valence electrons. The number of hydrogen-bond acceptors (Lipinski definition) is 4. The molecule has 0 unspecified atom stereocenters. The lowest BCUT2D eigenvalue weighted by molar-refractivity contribution is 0.208. The van der Waals surface area contributed by atoms with Gasteiger partial charge in [0.1, 0.15) is 19.0 Å². The molecular weight excluding hydrogens is 314 g/mol. The van der Waals surface area contributed by atoms with Crippen LogP contribution >= 0.6 is 0 Å². The first-order chi connectivity index (χ1) is 11.9. The van der Waals surface area contributed by atoms with Gasteiger partial charge in [-0.3, -0.25) is 0 Å². The lowest BCUT2D eigenvalue weighted by Gasteiger charge is -2.19. The highest BCUT2D eigenvalue weighted by atomic mass is 16.5. The number of hydrogen-bond donors (Lipinski definition) is 0. The Balaban J connectivity index is 1.88. The molecule has 2 rings (SSSR count). The highest BCUT2D eigenvalue weighted by Gasteiger charge is 2.13. The second-order valence-electron chi connectivity index (χ2n) is 6.68. The van der Waals surface area contributed by atoms with Crippen LogP contribution < -0.4 is 14.2 Å². The largest absolute Gasteiger partial charge is 0.490 e. The molecule has 0 heterocycles. The maximum absolute atomic E-state index is 8.96. The Labute approximate surface area is 150 Å². The van der Waals surface area contributed by atoms with Crippen molar-refractivity contribution >= 4 is 0 Å². The first-order valence-electron chi connectivity index (χ1n) is 8.47. The van der Waals surface area contributed by atoms with Crippen molar-refractivity contribution in [1.29, 1.82) is 5.26 Å². The van der Waals surface area contributed by atoms with Gasteiger partial charge in [-0.25, -0.2) is 0 Å². The molecule has 0 saturated heterocycles. The summed E-state index contributed by atoms with van der Waals surface area (Å²) in [4.78, 5) is 0. The van der Waals surface area contributed by atoms with E-state index in [-0.39, 0.29) is 5.41 Å². The van der Waals surface area contributed by atoms with Crippen LogP contribution in [0.5, 0.6) is 17.2 Å². The molecule has 4 nitrogen and oxygen atoms in total. The van der Waals surface area contributed by atoms with Crippen molar-refractivity contribution in [2.24, 2.45) is 0 Å². The fourth-order valence-electron chi connectivity index (χ4n) is 2.33. The van der Waals surface area contributed by atoms with E-state index in [4.69, 9.17) is 19.5 Å². The molecule has 0 radical (unpaired) electrons. The van der Waals surface area contributed by atoms with Crippen molar-refractivity contribution in [3.8, 4) is 23.3 Å². The maximum atomic E-state index is 8.96. The van der Waals surface area contributed by atoms with Gasteiger partial charge in [0.05, 0.1) is 18.2 Å². The highest BCUT2D eigenvalue weighted by molar-refractivity contribution is 5.46. The van der Waals surface area contributed by atoms with Gasteiger partial charge in [-0.2, -0.15) is 5.26 Å². The number of rotatable bonds is 7. The zero-order valence-corrected chi connectivity index (χ0v) is 15.3. The normalized spacial score (nSPS) is 10.8. The van der Waals surface area contributed by atoms with Crippen LogP contribution in [0, 0.1) is 11.3 Å². The number of benzene rings is 2.